The molecule has 0 saturated carbocycles. The Hall–Kier alpha value is -8.39. The maximum Gasteiger partial charge on any atom is 0.0719 e. The minimum Gasteiger partial charge on any atom is -0.300 e. The number of benzene rings is 10. The number of hydrogen-bond donors (Lipinski definition) is 1. The first-order valence-corrected chi connectivity index (χ1v) is 24.0. The molecule has 1 spiro atoms. The lowest BCUT2D eigenvalue weighted by molar-refractivity contribution is 0.563. The minimum atomic E-state index is -0.551. The fourth-order valence-corrected chi connectivity index (χ4v) is 11.1. The van der Waals surface area contributed by atoms with Gasteiger partial charge in [-0.25, -0.2) is 0 Å². The van der Waals surface area contributed by atoms with Crippen molar-refractivity contribution in [2.75, 3.05) is 0 Å². The highest BCUT2D eigenvalue weighted by molar-refractivity contribution is 6.15. The third-order valence-electron chi connectivity index (χ3n) is 14.4. The Labute approximate surface area is 407 Å². The van der Waals surface area contributed by atoms with Crippen LogP contribution in [0.25, 0.3) is 61.2 Å². The summed E-state index contributed by atoms with van der Waals surface area (Å²) in [5, 5.41) is 9.76. The van der Waals surface area contributed by atoms with Crippen molar-refractivity contribution in [2.45, 2.75) is 31.6 Å². The summed E-state index contributed by atoms with van der Waals surface area (Å²) in [5.41, 5.74) is 22.5. The molecule has 10 aromatic carbocycles. The number of allylic oxidation sites excluding steroid dienone is 2. The van der Waals surface area contributed by atoms with Crippen LogP contribution < -0.4 is 0 Å². The lowest BCUT2D eigenvalue weighted by atomic mass is 9.55. The van der Waals surface area contributed by atoms with Crippen LogP contribution in [-0.2, 0) is 10.8 Å². The lowest BCUT2D eigenvalue weighted by Crippen LogP contribution is -2.40. The van der Waals surface area contributed by atoms with Crippen LogP contribution in [0, 0.1) is 5.41 Å². The molecule has 330 valence electrons. The van der Waals surface area contributed by atoms with E-state index in [-0.39, 0.29) is 5.41 Å². The van der Waals surface area contributed by atoms with Crippen LogP contribution in [0.5, 0.6) is 0 Å². The Balaban J connectivity index is 0.000000807. The molecule has 0 atom stereocenters. The highest BCUT2D eigenvalue weighted by Crippen LogP contribution is 2.63. The zero-order valence-electron chi connectivity index (χ0n) is 39.3. The standard InChI is InChI=1S/C62H47N.C6H6/c1-41(42-18-7-4-8-19-42)36-59(63)51-24-17-29-58-60(51)52-40-47(34-35-53(52)62(58)56-27-15-13-25-54(56)61(2,3)55-26-14-16-28-57(55)62)45-30-32-46(33-31-45)50-38-48(43-20-9-5-10-21-43)37-49(39-50)44-22-11-6-12-23-44;1-2-4-6-5-3-1/h4-40,63H,1-3H3;1-6H/b41-36-,63-59?;. The van der Waals surface area contributed by atoms with Gasteiger partial charge in [-0.1, -0.05) is 244 Å². The molecule has 12 rings (SSSR count). The quantitative estimate of drug-likeness (QED) is 0.154. The van der Waals surface area contributed by atoms with Crippen molar-refractivity contribution < 1.29 is 0 Å². The predicted molar refractivity (Wildman–Crippen MR) is 291 cm³/mol. The van der Waals surface area contributed by atoms with Gasteiger partial charge in [0.25, 0.3) is 0 Å². The predicted octanol–water partition coefficient (Wildman–Crippen LogP) is 17.5. The summed E-state index contributed by atoms with van der Waals surface area (Å²) in [5.74, 6) is 0. The van der Waals surface area contributed by atoms with Crippen LogP contribution in [0.2, 0.25) is 0 Å². The van der Waals surface area contributed by atoms with Crippen molar-refractivity contribution in [3.8, 4) is 55.6 Å². The van der Waals surface area contributed by atoms with Crippen molar-refractivity contribution in [1.82, 2.24) is 0 Å². The van der Waals surface area contributed by atoms with Gasteiger partial charge in [0.2, 0.25) is 0 Å². The van der Waals surface area contributed by atoms with Crippen LogP contribution in [0.15, 0.2) is 261 Å². The van der Waals surface area contributed by atoms with Crippen molar-refractivity contribution in [1.29, 1.82) is 5.41 Å². The maximum atomic E-state index is 9.76. The number of rotatable bonds is 7. The van der Waals surface area contributed by atoms with Crippen LogP contribution in [0.3, 0.4) is 0 Å². The molecular formula is C68H53N. The zero-order valence-corrected chi connectivity index (χ0v) is 39.3. The second-order valence-electron chi connectivity index (χ2n) is 18.8. The van der Waals surface area contributed by atoms with Gasteiger partial charge in [0.05, 0.1) is 11.1 Å². The Morgan fingerprint density at radius 2 is 0.739 bits per heavy atom. The van der Waals surface area contributed by atoms with Crippen LogP contribution in [0.1, 0.15) is 65.3 Å². The fourth-order valence-electron chi connectivity index (χ4n) is 11.1. The van der Waals surface area contributed by atoms with Gasteiger partial charge in [-0.2, -0.15) is 0 Å². The molecule has 2 aliphatic carbocycles. The van der Waals surface area contributed by atoms with E-state index in [9.17, 15) is 5.41 Å². The number of nitrogens with one attached hydrogen (secondary N) is 1. The molecule has 1 heteroatoms. The molecule has 0 heterocycles. The Morgan fingerprint density at radius 1 is 0.348 bits per heavy atom. The Kier molecular flexibility index (Phi) is 11.3. The van der Waals surface area contributed by atoms with Gasteiger partial charge in [-0.3, -0.25) is 0 Å². The van der Waals surface area contributed by atoms with E-state index in [1.165, 1.54) is 72.3 Å². The van der Waals surface area contributed by atoms with Gasteiger partial charge in [0.1, 0.15) is 0 Å². The Bertz CT molecular complexity index is 3370. The average Bonchev–Trinajstić information content (AvgIpc) is 3.72. The first kappa shape index (κ1) is 43.2. The smallest absolute Gasteiger partial charge is 0.0719 e. The van der Waals surface area contributed by atoms with Gasteiger partial charge in [0, 0.05) is 11.0 Å². The molecule has 0 bridgehead atoms. The number of hydrogen-bond acceptors (Lipinski definition) is 1. The molecule has 1 nitrogen and oxygen atoms in total. The average molecular weight is 884 g/mol. The largest absolute Gasteiger partial charge is 0.300 e. The van der Waals surface area contributed by atoms with E-state index in [4.69, 9.17) is 0 Å². The van der Waals surface area contributed by atoms with Gasteiger partial charge in [0.15, 0.2) is 0 Å². The summed E-state index contributed by atoms with van der Waals surface area (Å²) >= 11 is 0. The highest BCUT2D eigenvalue weighted by atomic mass is 14.6. The van der Waals surface area contributed by atoms with Crippen LogP contribution in [0.4, 0.5) is 0 Å². The fraction of sp³-hybridized carbons (Fsp3) is 0.0735. The summed E-state index contributed by atoms with van der Waals surface area (Å²) in [6, 6.07) is 91.6. The van der Waals surface area contributed by atoms with E-state index in [0.29, 0.717) is 5.71 Å². The topological polar surface area (TPSA) is 23.9 Å². The SMILES string of the molecule is C/C(=C/C(=N)c1cccc2c1-c1cc(-c3ccc(-c4cc(-c5ccccc5)cc(-c5ccccc5)c4)cc3)ccc1C21c2ccccc2C(C)(C)c2ccccc21)c1ccccc1.c1ccccc1. The van der Waals surface area contributed by atoms with E-state index >= 15 is 0 Å². The summed E-state index contributed by atoms with van der Waals surface area (Å²) in [6.07, 6.45) is 2.04. The van der Waals surface area contributed by atoms with Gasteiger partial charge in [-0.15, -0.1) is 0 Å². The van der Waals surface area contributed by atoms with Crippen molar-refractivity contribution >= 4 is 11.3 Å². The first-order valence-electron chi connectivity index (χ1n) is 24.0. The molecule has 1 N–H and O–H groups in total. The van der Waals surface area contributed by atoms with E-state index in [0.717, 1.165) is 33.4 Å². The second kappa shape index (κ2) is 18.0. The van der Waals surface area contributed by atoms with E-state index in [2.05, 4.69) is 233 Å². The summed E-state index contributed by atoms with van der Waals surface area (Å²) in [4.78, 5) is 0. The summed E-state index contributed by atoms with van der Waals surface area (Å²) in [6.45, 7) is 6.84. The molecule has 0 aromatic heterocycles. The second-order valence-corrected chi connectivity index (χ2v) is 18.8. The normalized spacial score (nSPS) is 13.5. The molecule has 69 heavy (non-hydrogen) atoms. The minimum absolute atomic E-state index is 0.189. The Morgan fingerprint density at radius 3 is 1.25 bits per heavy atom. The molecule has 0 aliphatic heterocycles. The van der Waals surface area contributed by atoms with Gasteiger partial charge < -0.3 is 5.41 Å². The van der Waals surface area contributed by atoms with Crippen molar-refractivity contribution in [3.63, 3.8) is 0 Å². The molecule has 0 fully saturated rings. The molecule has 0 unspecified atom stereocenters. The third-order valence-corrected chi connectivity index (χ3v) is 14.4. The van der Waals surface area contributed by atoms with Gasteiger partial charge in [-0.05, 0) is 137 Å². The lowest BCUT2D eigenvalue weighted by Gasteiger charge is -2.46. The molecular weight excluding hydrogens is 831 g/mol. The highest BCUT2D eigenvalue weighted by Gasteiger charge is 2.53. The zero-order chi connectivity index (χ0) is 47.0. The molecule has 2 aliphatic rings. The molecule has 0 saturated heterocycles. The third kappa shape index (κ3) is 7.67. The van der Waals surface area contributed by atoms with E-state index in [1.54, 1.807) is 0 Å². The van der Waals surface area contributed by atoms with Crippen LogP contribution >= 0.6 is 0 Å². The van der Waals surface area contributed by atoms with Crippen LogP contribution in [-0.4, -0.2) is 5.71 Å². The maximum absolute atomic E-state index is 9.76. The van der Waals surface area contributed by atoms with Crippen molar-refractivity contribution in [3.05, 3.63) is 305 Å². The molecule has 0 amide bonds. The monoisotopic (exact) mass is 883 g/mol. The van der Waals surface area contributed by atoms with Gasteiger partial charge >= 0.3 is 0 Å². The van der Waals surface area contributed by atoms with E-state index < -0.39 is 5.41 Å². The molecule has 10 aromatic rings. The summed E-state index contributed by atoms with van der Waals surface area (Å²) < 4.78 is 0. The summed E-state index contributed by atoms with van der Waals surface area (Å²) in [7, 11) is 0. The number of fused-ring (bicyclic) bond motifs is 9. The van der Waals surface area contributed by atoms with Crippen molar-refractivity contribution in [2.24, 2.45) is 0 Å². The van der Waals surface area contributed by atoms with E-state index in [1.807, 2.05) is 48.5 Å². The molecule has 0 radical (unpaired) electrons. The first-order chi connectivity index (χ1) is 33.8.